The third-order valence-electron chi connectivity index (χ3n) is 2.12. The van der Waals surface area contributed by atoms with Crippen LogP contribution in [0.25, 0.3) is 0 Å². The molecule has 0 aliphatic carbocycles. The van der Waals surface area contributed by atoms with Gasteiger partial charge in [0.15, 0.2) is 0 Å². The lowest BCUT2D eigenvalue weighted by Crippen LogP contribution is -2.01. The van der Waals surface area contributed by atoms with Crippen molar-refractivity contribution in [3.8, 4) is 0 Å². The number of aliphatic hydroxyl groups excluding tert-OH is 1. The molecule has 0 spiro atoms. The van der Waals surface area contributed by atoms with Crippen LogP contribution in [-0.4, -0.2) is 15.1 Å². The first kappa shape index (κ1) is 9.61. The second-order valence-corrected chi connectivity index (χ2v) is 3.24. The number of anilines is 1. The van der Waals surface area contributed by atoms with Gasteiger partial charge in [-0.05, 0) is 17.7 Å². The summed E-state index contributed by atoms with van der Waals surface area (Å²) in [5, 5.41) is 9.98. The predicted molar refractivity (Wildman–Crippen MR) is 56.9 cm³/mol. The summed E-state index contributed by atoms with van der Waals surface area (Å²) in [7, 11) is 0. The van der Waals surface area contributed by atoms with Gasteiger partial charge in [0.05, 0.1) is 0 Å². The van der Waals surface area contributed by atoms with Crippen LogP contribution in [0.1, 0.15) is 17.2 Å². The summed E-state index contributed by atoms with van der Waals surface area (Å²) in [6.07, 6.45) is 3.87. The quantitative estimate of drug-likeness (QED) is 0.715. The Morgan fingerprint density at radius 3 is 2.53 bits per heavy atom. The maximum Gasteiger partial charge on any atom is 0.115 e. The molecule has 1 aromatic heterocycles. The summed E-state index contributed by atoms with van der Waals surface area (Å²) in [5.74, 6) is 0. The van der Waals surface area contributed by atoms with Gasteiger partial charge in [0.1, 0.15) is 12.4 Å². The third kappa shape index (κ3) is 2.11. The van der Waals surface area contributed by atoms with E-state index < -0.39 is 6.10 Å². The molecule has 0 amide bonds. The Morgan fingerprint density at radius 2 is 1.87 bits per heavy atom. The minimum Gasteiger partial charge on any atom is -0.399 e. The number of aromatic nitrogens is 2. The normalized spacial score (nSPS) is 12.3. The molecule has 76 valence electrons. The molecule has 4 heteroatoms. The molecule has 1 aromatic carbocycles. The van der Waals surface area contributed by atoms with Crippen LogP contribution < -0.4 is 5.73 Å². The van der Waals surface area contributed by atoms with E-state index in [2.05, 4.69) is 9.97 Å². The minimum absolute atomic E-state index is 0.628. The molecule has 0 aliphatic rings. The van der Waals surface area contributed by atoms with E-state index in [1.165, 1.54) is 6.33 Å². The van der Waals surface area contributed by atoms with E-state index in [9.17, 15) is 5.11 Å². The highest BCUT2D eigenvalue weighted by atomic mass is 16.3. The molecule has 4 nitrogen and oxygen atoms in total. The number of nitrogens with two attached hydrogens (primary N) is 1. The molecule has 1 heterocycles. The molecular formula is C11H11N3O. The van der Waals surface area contributed by atoms with Crippen LogP contribution in [-0.2, 0) is 0 Å². The first-order chi connectivity index (χ1) is 7.27. The van der Waals surface area contributed by atoms with Gasteiger partial charge in [-0.25, -0.2) is 9.97 Å². The van der Waals surface area contributed by atoms with Crippen molar-refractivity contribution in [2.75, 3.05) is 5.73 Å². The molecule has 2 aromatic rings. The molecule has 0 aliphatic heterocycles. The predicted octanol–water partition coefficient (Wildman–Crippen LogP) is 1.14. The van der Waals surface area contributed by atoms with Crippen molar-refractivity contribution in [3.63, 3.8) is 0 Å². The summed E-state index contributed by atoms with van der Waals surface area (Å²) in [6, 6.07) is 7.13. The van der Waals surface area contributed by atoms with Gasteiger partial charge in [-0.3, -0.25) is 0 Å². The van der Waals surface area contributed by atoms with Gasteiger partial charge in [0.2, 0.25) is 0 Å². The lowest BCUT2D eigenvalue weighted by atomic mass is 10.0. The average molecular weight is 201 g/mol. The van der Waals surface area contributed by atoms with Crippen molar-refractivity contribution in [1.82, 2.24) is 9.97 Å². The van der Waals surface area contributed by atoms with Crippen LogP contribution in [0.5, 0.6) is 0 Å². The molecule has 1 unspecified atom stereocenters. The Balaban J connectivity index is 2.32. The lowest BCUT2D eigenvalue weighted by Gasteiger charge is -2.10. The molecular weight excluding hydrogens is 190 g/mol. The fourth-order valence-electron chi connectivity index (χ4n) is 1.37. The highest BCUT2D eigenvalue weighted by Crippen LogP contribution is 2.21. The largest absolute Gasteiger partial charge is 0.399 e. The molecule has 2 rings (SSSR count). The number of hydrogen-bond donors (Lipinski definition) is 2. The van der Waals surface area contributed by atoms with Crippen LogP contribution >= 0.6 is 0 Å². The number of nitrogen functional groups attached to an aromatic ring is 1. The summed E-state index contributed by atoms with van der Waals surface area (Å²) in [4.78, 5) is 7.70. The van der Waals surface area contributed by atoms with Crippen molar-refractivity contribution in [2.24, 2.45) is 0 Å². The molecule has 0 saturated carbocycles. The summed E-state index contributed by atoms with van der Waals surface area (Å²) >= 11 is 0. The van der Waals surface area contributed by atoms with Crippen LogP contribution in [0.2, 0.25) is 0 Å². The van der Waals surface area contributed by atoms with Crippen molar-refractivity contribution >= 4 is 5.69 Å². The van der Waals surface area contributed by atoms with Gasteiger partial charge in [0, 0.05) is 23.6 Å². The fourth-order valence-corrected chi connectivity index (χ4v) is 1.37. The van der Waals surface area contributed by atoms with E-state index in [4.69, 9.17) is 5.73 Å². The smallest absolute Gasteiger partial charge is 0.115 e. The maximum atomic E-state index is 9.98. The van der Waals surface area contributed by atoms with E-state index in [0.29, 0.717) is 11.3 Å². The molecule has 0 bridgehead atoms. The number of rotatable bonds is 2. The Hall–Kier alpha value is -1.94. The van der Waals surface area contributed by atoms with Crippen molar-refractivity contribution in [3.05, 3.63) is 54.1 Å². The molecule has 15 heavy (non-hydrogen) atoms. The van der Waals surface area contributed by atoms with Crippen LogP contribution in [0.3, 0.4) is 0 Å². The Morgan fingerprint density at radius 1 is 1.13 bits per heavy atom. The van der Waals surface area contributed by atoms with E-state index in [0.717, 1.165) is 5.56 Å². The second kappa shape index (κ2) is 4.06. The van der Waals surface area contributed by atoms with Gasteiger partial charge < -0.3 is 10.8 Å². The first-order valence-corrected chi connectivity index (χ1v) is 4.56. The van der Waals surface area contributed by atoms with Crippen molar-refractivity contribution in [1.29, 1.82) is 0 Å². The van der Waals surface area contributed by atoms with E-state index in [1.807, 2.05) is 6.07 Å². The van der Waals surface area contributed by atoms with Crippen LogP contribution in [0.15, 0.2) is 43.0 Å². The Labute approximate surface area is 87.4 Å². The van der Waals surface area contributed by atoms with Gasteiger partial charge >= 0.3 is 0 Å². The van der Waals surface area contributed by atoms with Gasteiger partial charge in [-0.15, -0.1) is 0 Å². The summed E-state index contributed by atoms with van der Waals surface area (Å²) in [5.41, 5.74) is 7.66. The monoisotopic (exact) mass is 201 g/mol. The fraction of sp³-hybridized carbons (Fsp3) is 0.0909. The molecule has 3 N–H and O–H groups in total. The van der Waals surface area contributed by atoms with Gasteiger partial charge in [-0.1, -0.05) is 12.1 Å². The van der Waals surface area contributed by atoms with E-state index in [1.54, 1.807) is 30.6 Å². The number of hydrogen-bond acceptors (Lipinski definition) is 4. The van der Waals surface area contributed by atoms with E-state index >= 15 is 0 Å². The lowest BCUT2D eigenvalue weighted by molar-refractivity contribution is 0.219. The summed E-state index contributed by atoms with van der Waals surface area (Å²) < 4.78 is 0. The van der Waals surface area contributed by atoms with Crippen molar-refractivity contribution in [2.45, 2.75) is 6.10 Å². The van der Waals surface area contributed by atoms with Crippen LogP contribution in [0, 0.1) is 0 Å². The number of nitrogens with zero attached hydrogens (tertiary/aromatic N) is 2. The van der Waals surface area contributed by atoms with Crippen molar-refractivity contribution < 1.29 is 5.11 Å². The highest BCUT2D eigenvalue weighted by molar-refractivity contribution is 5.43. The zero-order valence-electron chi connectivity index (χ0n) is 8.04. The zero-order valence-corrected chi connectivity index (χ0v) is 8.04. The SMILES string of the molecule is Nc1cccc(C(O)c2cncnc2)c1. The maximum absolute atomic E-state index is 9.98. The first-order valence-electron chi connectivity index (χ1n) is 4.56. The molecule has 0 fully saturated rings. The molecule has 0 saturated heterocycles. The van der Waals surface area contributed by atoms with E-state index in [-0.39, 0.29) is 0 Å². The van der Waals surface area contributed by atoms with Gasteiger partial charge in [0.25, 0.3) is 0 Å². The standard InChI is InChI=1S/C11H11N3O/c12-10-3-1-2-8(4-10)11(15)9-5-13-7-14-6-9/h1-7,11,15H,12H2. The van der Waals surface area contributed by atoms with Gasteiger partial charge in [-0.2, -0.15) is 0 Å². The van der Waals surface area contributed by atoms with Crippen LogP contribution in [0.4, 0.5) is 5.69 Å². The topological polar surface area (TPSA) is 72.0 Å². The minimum atomic E-state index is -0.727. The third-order valence-corrected chi connectivity index (χ3v) is 2.12. The second-order valence-electron chi connectivity index (χ2n) is 3.24. The molecule has 0 radical (unpaired) electrons. The zero-order chi connectivity index (χ0) is 10.7. The Bertz CT molecular complexity index is 445. The summed E-state index contributed by atoms with van der Waals surface area (Å²) in [6.45, 7) is 0. The molecule has 1 atom stereocenters. The Kier molecular flexibility index (Phi) is 2.60. The highest BCUT2D eigenvalue weighted by Gasteiger charge is 2.10. The number of benzene rings is 1. The number of aliphatic hydroxyl groups is 1. The average Bonchev–Trinajstić information content (AvgIpc) is 2.29.